The molecule has 0 radical (unpaired) electrons. The molecular weight excluding hydrogens is 441 g/mol. The molecule has 1 aromatic carbocycles. The van der Waals surface area contributed by atoms with Gasteiger partial charge in [0, 0.05) is 42.0 Å². The summed E-state index contributed by atoms with van der Waals surface area (Å²) in [6.45, 7) is 1.60. The van der Waals surface area contributed by atoms with E-state index in [4.69, 9.17) is 0 Å². The molecule has 0 atom stereocenters. The summed E-state index contributed by atoms with van der Waals surface area (Å²) in [5, 5.41) is 11.8. The molecule has 1 aromatic heterocycles. The van der Waals surface area contributed by atoms with Crippen molar-refractivity contribution < 1.29 is 22.7 Å². The molecule has 31 heavy (non-hydrogen) atoms. The normalized spacial score (nSPS) is 16.2. The van der Waals surface area contributed by atoms with Crippen LogP contribution in [0.1, 0.15) is 19.8 Å². The van der Waals surface area contributed by atoms with Crippen molar-refractivity contribution in [3.8, 4) is 0 Å². The van der Waals surface area contributed by atoms with E-state index in [0.717, 1.165) is 16.9 Å². The second-order valence-electron chi connectivity index (χ2n) is 7.02. The molecule has 2 heterocycles. The van der Waals surface area contributed by atoms with Crippen molar-refractivity contribution in [2.45, 2.75) is 24.7 Å². The number of nitrogens with zero attached hydrogens (tertiary/aromatic N) is 3. The highest BCUT2D eigenvalue weighted by Gasteiger charge is 2.37. The number of rotatable bonds is 6. The van der Waals surface area contributed by atoms with Crippen LogP contribution >= 0.6 is 11.3 Å². The van der Waals surface area contributed by atoms with Crippen molar-refractivity contribution in [2.75, 3.05) is 11.9 Å². The third kappa shape index (κ3) is 3.72. The molecule has 160 valence electrons. The average Bonchev–Trinajstić information content (AvgIpc) is 3.36. The lowest BCUT2D eigenvalue weighted by molar-refractivity contribution is -0.136. The van der Waals surface area contributed by atoms with E-state index in [1.54, 1.807) is 25.3 Å². The molecular formula is C21H18FN3O4S2. The van der Waals surface area contributed by atoms with Gasteiger partial charge in [-0.05, 0) is 42.8 Å². The van der Waals surface area contributed by atoms with Crippen molar-refractivity contribution in [1.82, 2.24) is 4.98 Å². The van der Waals surface area contributed by atoms with E-state index in [1.165, 1.54) is 23.5 Å². The van der Waals surface area contributed by atoms with Crippen LogP contribution in [0.5, 0.6) is 0 Å². The monoisotopic (exact) mass is 459 g/mol. The van der Waals surface area contributed by atoms with E-state index in [0.29, 0.717) is 11.4 Å². The predicted molar refractivity (Wildman–Crippen MR) is 117 cm³/mol. The molecule has 1 N–H and O–H groups in total. The molecule has 0 unspecified atom stereocenters. The molecule has 1 aliphatic heterocycles. The number of hydrogen-bond donors (Lipinski definition) is 1. The minimum absolute atomic E-state index is 0.0730. The zero-order valence-corrected chi connectivity index (χ0v) is 18.3. The number of aliphatic imine (C=N–C) groups is 1. The van der Waals surface area contributed by atoms with E-state index in [-0.39, 0.29) is 22.5 Å². The van der Waals surface area contributed by atoms with E-state index in [2.05, 4.69) is 9.98 Å². The van der Waals surface area contributed by atoms with Gasteiger partial charge in [-0.2, -0.15) is 0 Å². The third-order valence-corrected chi connectivity index (χ3v) is 7.76. The highest BCUT2D eigenvalue weighted by molar-refractivity contribution is 7.95. The molecule has 1 aliphatic carbocycles. The molecule has 0 spiro atoms. The number of aromatic nitrogens is 1. The Morgan fingerprint density at radius 1 is 1.29 bits per heavy atom. The summed E-state index contributed by atoms with van der Waals surface area (Å²) in [6, 6.07) is 6.05. The summed E-state index contributed by atoms with van der Waals surface area (Å²) in [5.74, 6) is -2.03. The molecule has 4 rings (SSSR count). The minimum atomic E-state index is -4.26. The van der Waals surface area contributed by atoms with Crippen molar-refractivity contribution in [2.24, 2.45) is 4.99 Å². The van der Waals surface area contributed by atoms with Gasteiger partial charge in [-0.25, -0.2) is 17.8 Å². The van der Waals surface area contributed by atoms with Crippen molar-refractivity contribution in [1.29, 1.82) is 0 Å². The van der Waals surface area contributed by atoms with Gasteiger partial charge in [0.05, 0.1) is 17.0 Å². The number of carboxylic acids is 1. The Morgan fingerprint density at radius 3 is 2.61 bits per heavy atom. The Hall–Kier alpha value is -3.11. The fourth-order valence-electron chi connectivity index (χ4n) is 3.58. The number of halogens is 1. The van der Waals surface area contributed by atoms with Crippen LogP contribution in [-0.2, 0) is 14.6 Å². The molecule has 0 bridgehead atoms. The largest absolute Gasteiger partial charge is 0.481 e. The molecule has 0 fully saturated rings. The lowest BCUT2D eigenvalue weighted by atomic mass is 9.94. The zero-order valence-electron chi connectivity index (χ0n) is 16.7. The van der Waals surface area contributed by atoms with Gasteiger partial charge in [-0.15, -0.1) is 11.3 Å². The van der Waals surface area contributed by atoms with Gasteiger partial charge in [-0.1, -0.05) is 0 Å². The van der Waals surface area contributed by atoms with Gasteiger partial charge < -0.3 is 10.0 Å². The van der Waals surface area contributed by atoms with Crippen LogP contribution < -0.4 is 4.90 Å². The summed E-state index contributed by atoms with van der Waals surface area (Å²) in [5.41, 5.74) is 1.78. The number of allylic oxidation sites excluding steroid dienone is 4. The first-order valence-electron chi connectivity index (χ1n) is 9.28. The number of sulfone groups is 1. The van der Waals surface area contributed by atoms with E-state index in [1.807, 2.05) is 17.3 Å². The summed E-state index contributed by atoms with van der Waals surface area (Å²) in [4.78, 5) is 21.0. The first-order valence-corrected chi connectivity index (χ1v) is 11.6. The Kier molecular flexibility index (Phi) is 5.36. The number of benzene rings is 1. The van der Waals surface area contributed by atoms with Crippen LogP contribution in [0, 0.1) is 0 Å². The highest BCUT2D eigenvalue weighted by Crippen LogP contribution is 2.41. The van der Waals surface area contributed by atoms with E-state index < -0.39 is 33.0 Å². The van der Waals surface area contributed by atoms with Gasteiger partial charge >= 0.3 is 5.97 Å². The summed E-state index contributed by atoms with van der Waals surface area (Å²) >= 11 is 1.44. The van der Waals surface area contributed by atoms with Crippen molar-refractivity contribution in [3.05, 3.63) is 69.5 Å². The van der Waals surface area contributed by atoms with E-state index >= 15 is 0 Å². The molecule has 2 aromatic rings. The molecule has 0 saturated heterocycles. The fraction of sp³-hybridized carbons (Fsp3) is 0.190. The quantitative estimate of drug-likeness (QED) is 0.687. The number of hydrogen-bond acceptors (Lipinski definition) is 7. The second kappa shape index (κ2) is 7.86. The van der Waals surface area contributed by atoms with Gasteiger partial charge in [-0.3, -0.25) is 9.79 Å². The SMILES string of the molecule is CC1=C(CC(=O)O)C2=C(S(=O)(=O)c3ccc(N(C)c4nccs4)cc3)C(F)=CCC2=N1. The topological polar surface area (TPSA) is 99.9 Å². The summed E-state index contributed by atoms with van der Waals surface area (Å²) in [6.07, 6.45) is 2.51. The Morgan fingerprint density at radius 2 is 2.00 bits per heavy atom. The van der Waals surface area contributed by atoms with Crippen molar-refractivity contribution in [3.63, 3.8) is 0 Å². The number of carbonyl (C=O) groups is 1. The molecule has 7 nitrogen and oxygen atoms in total. The zero-order chi connectivity index (χ0) is 22.3. The summed E-state index contributed by atoms with van der Waals surface area (Å²) in [7, 11) is -2.45. The van der Waals surface area contributed by atoms with Gasteiger partial charge in [0.25, 0.3) is 0 Å². The third-order valence-electron chi connectivity index (χ3n) is 5.09. The highest BCUT2D eigenvalue weighted by atomic mass is 32.2. The van der Waals surface area contributed by atoms with Crippen LogP contribution in [-0.4, -0.2) is 37.2 Å². The van der Waals surface area contributed by atoms with Crippen LogP contribution in [0.3, 0.4) is 0 Å². The minimum Gasteiger partial charge on any atom is -0.481 e. The molecule has 0 saturated carbocycles. The molecule has 2 aliphatic rings. The number of anilines is 2. The number of fused-ring (bicyclic) bond motifs is 1. The summed E-state index contributed by atoms with van der Waals surface area (Å²) < 4.78 is 41.7. The van der Waals surface area contributed by atoms with E-state index in [9.17, 15) is 22.7 Å². The standard InChI is InChI=1S/C21H18FN3O4S2/c1-12-15(11-18(26)27)19-17(24-12)8-7-16(22)20(19)31(28,29)14-5-3-13(4-6-14)25(2)21-23-9-10-30-21/h3-7,9-10H,8,11H2,1-2H3,(H,26,27). The molecule has 0 amide bonds. The smallest absolute Gasteiger partial charge is 0.307 e. The number of aliphatic carboxylic acids is 1. The Labute approximate surface area is 182 Å². The first kappa shape index (κ1) is 21.1. The van der Waals surface area contributed by atoms with Crippen LogP contribution in [0.2, 0.25) is 0 Å². The maximum atomic E-state index is 14.9. The maximum absolute atomic E-state index is 14.9. The maximum Gasteiger partial charge on any atom is 0.307 e. The van der Waals surface area contributed by atoms with Crippen LogP contribution in [0.15, 0.2) is 79.4 Å². The number of thiazole rings is 1. The number of carboxylic acid groups (broad SMARTS) is 1. The van der Waals surface area contributed by atoms with Crippen LogP contribution in [0.4, 0.5) is 15.2 Å². The Balaban J connectivity index is 1.78. The van der Waals surface area contributed by atoms with Gasteiger partial charge in [0.1, 0.15) is 10.7 Å². The van der Waals surface area contributed by atoms with Gasteiger partial charge in [0.15, 0.2) is 5.13 Å². The lowest BCUT2D eigenvalue weighted by Crippen LogP contribution is -2.18. The first-order chi connectivity index (χ1) is 14.7. The lowest BCUT2D eigenvalue weighted by Gasteiger charge is -2.19. The second-order valence-corrected chi connectivity index (χ2v) is 9.78. The van der Waals surface area contributed by atoms with Crippen molar-refractivity contribution >= 4 is 43.7 Å². The fourth-order valence-corrected chi connectivity index (χ4v) is 5.79. The van der Waals surface area contributed by atoms with Gasteiger partial charge in [0.2, 0.25) is 9.84 Å². The Bertz CT molecular complexity index is 1290. The van der Waals surface area contributed by atoms with Crippen LogP contribution in [0.25, 0.3) is 0 Å². The average molecular weight is 460 g/mol. The predicted octanol–water partition coefficient (Wildman–Crippen LogP) is 4.40. The molecule has 10 heteroatoms.